The Morgan fingerprint density at radius 3 is 2.80 bits per heavy atom. The van der Waals surface area contributed by atoms with Gasteiger partial charge in [-0.15, -0.1) is 0 Å². The van der Waals surface area contributed by atoms with Gasteiger partial charge in [0, 0.05) is 24.5 Å². The van der Waals surface area contributed by atoms with E-state index in [0.717, 1.165) is 34.3 Å². The number of aldehydes is 1. The van der Waals surface area contributed by atoms with Gasteiger partial charge in [-0.2, -0.15) is 5.10 Å². The van der Waals surface area contributed by atoms with Crippen LogP contribution in [0.3, 0.4) is 0 Å². The Kier molecular flexibility index (Phi) is 4.77. The predicted molar refractivity (Wildman–Crippen MR) is 86.9 cm³/mol. The summed E-state index contributed by atoms with van der Waals surface area (Å²) in [4.78, 5) is 11.1. The molecule has 6 heteroatoms. The molecule has 0 aliphatic rings. The Bertz CT molecular complexity index is 619. The monoisotopic (exact) mass is 354 g/mol. The quantitative estimate of drug-likeness (QED) is 0.448. The Hall–Kier alpha value is -0.983. The molecule has 0 radical (unpaired) electrons. The molecule has 108 valence electrons. The van der Waals surface area contributed by atoms with Gasteiger partial charge in [0.1, 0.15) is 12.4 Å². The zero-order valence-corrected chi connectivity index (χ0v) is 14.6. The summed E-state index contributed by atoms with van der Waals surface area (Å²) in [6.07, 6.45) is 0.787. The smallest absolute Gasteiger partial charge is 0.170 e. The van der Waals surface area contributed by atoms with Crippen molar-refractivity contribution in [3.8, 4) is 0 Å². The van der Waals surface area contributed by atoms with E-state index in [1.54, 1.807) is 4.68 Å². The zero-order chi connectivity index (χ0) is 14.8. The Morgan fingerprint density at radius 1 is 1.40 bits per heavy atom. The Labute approximate surface area is 128 Å². The second-order valence-corrected chi connectivity index (χ2v) is 12.5. The molecule has 0 saturated heterocycles. The molecule has 1 heterocycles. The number of hydrogen-bond donors (Lipinski definition) is 0. The lowest BCUT2D eigenvalue weighted by molar-refractivity contribution is 0.0812. The number of aromatic nitrogens is 2. The maximum Gasteiger partial charge on any atom is 0.170 e. The molecule has 0 aliphatic heterocycles. The number of benzene rings is 1. The van der Waals surface area contributed by atoms with Crippen LogP contribution in [-0.2, 0) is 11.5 Å². The first-order valence-corrected chi connectivity index (χ1v) is 11.1. The molecule has 0 unspecified atom stereocenters. The number of halogens is 1. The summed E-state index contributed by atoms with van der Waals surface area (Å²) in [5.41, 5.74) is 1.37. The minimum absolute atomic E-state index is 0.380. The van der Waals surface area contributed by atoms with Crippen molar-refractivity contribution in [2.45, 2.75) is 32.4 Å². The number of ether oxygens (including phenoxy) is 1. The Balaban J connectivity index is 2.13. The summed E-state index contributed by atoms with van der Waals surface area (Å²) < 4.78 is 8.41. The SMILES string of the molecule is C[Si](C)(C)CCOCn1nc(C=O)c2ccc(Br)cc21. The van der Waals surface area contributed by atoms with Gasteiger partial charge in [-0.25, -0.2) is 4.68 Å². The van der Waals surface area contributed by atoms with Crippen molar-refractivity contribution < 1.29 is 9.53 Å². The van der Waals surface area contributed by atoms with E-state index in [1.807, 2.05) is 18.2 Å². The topological polar surface area (TPSA) is 44.1 Å². The van der Waals surface area contributed by atoms with Crippen LogP contribution in [0.5, 0.6) is 0 Å². The summed E-state index contributed by atoms with van der Waals surface area (Å²) >= 11 is 3.44. The van der Waals surface area contributed by atoms with E-state index < -0.39 is 8.07 Å². The second kappa shape index (κ2) is 6.20. The van der Waals surface area contributed by atoms with Gasteiger partial charge in [0.25, 0.3) is 0 Å². The van der Waals surface area contributed by atoms with Crippen molar-refractivity contribution in [2.24, 2.45) is 0 Å². The molecule has 0 fully saturated rings. The predicted octanol–water partition coefficient (Wildman–Crippen LogP) is 3.92. The Morgan fingerprint density at radius 2 is 2.15 bits per heavy atom. The van der Waals surface area contributed by atoms with E-state index in [-0.39, 0.29) is 0 Å². The van der Waals surface area contributed by atoms with Crippen molar-refractivity contribution >= 4 is 41.2 Å². The van der Waals surface area contributed by atoms with Crippen LogP contribution in [0.25, 0.3) is 10.9 Å². The van der Waals surface area contributed by atoms with Gasteiger partial charge >= 0.3 is 0 Å². The maximum atomic E-state index is 11.1. The fourth-order valence-corrected chi connectivity index (χ4v) is 2.99. The number of hydrogen-bond acceptors (Lipinski definition) is 3. The van der Waals surface area contributed by atoms with Crippen LogP contribution < -0.4 is 0 Å². The van der Waals surface area contributed by atoms with Crippen LogP contribution in [0, 0.1) is 0 Å². The van der Waals surface area contributed by atoms with E-state index in [2.05, 4.69) is 40.7 Å². The molecule has 4 nitrogen and oxygen atoms in total. The molecule has 0 N–H and O–H groups in total. The first kappa shape index (κ1) is 15.4. The van der Waals surface area contributed by atoms with Gasteiger partial charge < -0.3 is 4.74 Å². The molecule has 2 aromatic rings. The third-order valence-corrected chi connectivity index (χ3v) is 5.26. The van der Waals surface area contributed by atoms with Gasteiger partial charge in [0.05, 0.1) is 5.52 Å². The third-order valence-electron chi connectivity index (χ3n) is 3.06. The summed E-state index contributed by atoms with van der Waals surface area (Å²) in [5.74, 6) is 0. The van der Waals surface area contributed by atoms with Crippen molar-refractivity contribution in [1.29, 1.82) is 0 Å². The molecule has 0 saturated carbocycles. The van der Waals surface area contributed by atoms with E-state index in [4.69, 9.17) is 4.74 Å². The number of rotatable bonds is 6. The van der Waals surface area contributed by atoms with Crippen LogP contribution >= 0.6 is 15.9 Å². The summed E-state index contributed by atoms with van der Waals surface area (Å²) in [5, 5.41) is 5.16. The van der Waals surface area contributed by atoms with Crippen LogP contribution in [0.2, 0.25) is 25.7 Å². The normalized spacial score (nSPS) is 12.0. The second-order valence-electron chi connectivity index (χ2n) is 6.01. The zero-order valence-electron chi connectivity index (χ0n) is 12.0. The van der Waals surface area contributed by atoms with Crippen LogP contribution in [0.4, 0.5) is 0 Å². The summed E-state index contributed by atoms with van der Waals surface area (Å²) in [6, 6.07) is 6.88. The van der Waals surface area contributed by atoms with Crippen molar-refractivity contribution in [2.75, 3.05) is 6.61 Å². The van der Waals surface area contributed by atoms with E-state index in [1.165, 1.54) is 0 Å². The largest absolute Gasteiger partial charge is 0.360 e. The van der Waals surface area contributed by atoms with E-state index >= 15 is 0 Å². The lowest BCUT2D eigenvalue weighted by Crippen LogP contribution is -2.22. The lowest BCUT2D eigenvalue weighted by Gasteiger charge is -2.15. The highest BCUT2D eigenvalue weighted by atomic mass is 79.9. The molecule has 0 bridgehead atoms. The van der Waals surface area contributed by atoms with Crippen LogP contribution in [-0.4, -0.2) is 30.7 Å². The molecule has 20 heavy (non-hydrogen) atoms. The van der Waals surface area contributed by atoms with Crippen molar-refractivity contribution in [3.05, 3.63) is 28.4 Å². The highest BCUT2D eigenvalue weighted by Gasteiger charge is 2.13. The first-order chi connectivity index (χ1) is 9.40. The average Bonchev–Trinajstić information content (AvgIpc) is 2.71. The van der Waals surface area contributed by atoms with E-state index in [9.17, 15) is 4.79 Å². The molecule has 1 aromatic carbocycles. The van der Waals surface area contributed by atoms with Gasteiger partial charge in [-0.3, -0.25) is 4.79 Å². The molecule has 2 rings (SSSR count). The molecule has 1 aromatic heterocycles. The summed E-state index contributed by atoms with van der Waals surface area (Å²) in [7, 11) is -1.08. The van der Waals surface area contributed by atoms with E-state index in [0.29, 0.717) is 12.4 Å². The van der Waals surface area contributed by atoms with Crippen molar-refractivity contribution in [1.82, 2.24) is 9.78 Å². The number of fused-ring (bicyclic) bond motifs is 1. The number of carbonyl (C=O) groups excluding carboxylic acids is 1. The molecule has 0 atom stereocenters. The minimum Gasteiger partial charge on any atom is -0.360 e. The van der Waals surface area contributed by atoms with Crippen molar-refractivity contribution in [3.63, 3.8) is 0 Å². The fourth-order valence-electron chi connectivity index (χ4n) is 1.89. The summed E-state index contributed by atoms with van der Waals surface area (Å²) in [6.45, 7) is 8.08. The third kappa shape index (κ3) is 3.77. The van der Waals surface area contributed by atoms with Gasteiger partial charge in [-0.05, 0) is 24.2 Å². The van der Waals surface area contributed by atoms with Gasteiger partial charge in [-0.1, -0.05) is 35.6 Å². The molecule has 0 aliphatic carbocycles. The highest BCUT2D eigenvalue weighted by molar-refractivity contribution is 9.10. The molecular formula is C14H19BrN2O2Si. The number of nitrogens with zero attached hydrogens (tertiary/aromatic N) is 2. The van der Waals surface area contributed by atoms with Gasteiger partial charge in [0.2, 0.25) is 0 Å². The fraction of sp³-hybridized carbons (Fsp3) is 0.429. The maximum absolute atomic E-state index is 11.1. The molecular weight excluding hydrogens is 336 g/mol. The highest BCUT2D eigenvalue weighted by Crippen LogP contribution is 2.22. The minimum atomic E-state index is -1.08. The lowest BCUT2D eigenvalue weighted by atomic mass is 10.2. The van der Waals surface area contributed by atoms with Crippen LogP contribution in [0.1, 0.15) is 10.5 Å². The molecule has 0 spiro atoms. The van der Waals surface area contributed by atoms with Crippen LogP contribution in [0.15, 0.2) is 22.7 Å². The standard InChI is InChI=1S/C14H19BrN2O2Si/c1-20(2,3)7-6-19-10-17-14-8-11(15)4-5-12(14)13(9-18)16-17/h4-5,8-9H,6-7,10H2,1-3H3. The van der Waals surface area contributed by atoms with Gasteiger partial charge in [0.15, 0.2) is 6.29 Å². The first-order valence-electron chi connectivity index (χ1n) is 6.60. The molecule has 0 amide bonds. The average molecular weight is 355 g/mol. The number of carbonyl (C=O) groups is 1.